The minimum absolute atomic E-state index is 0.0690. The number of nitrogens with zero attached hydrogens (tertiary/aromatic N) is 2. The molecule has 2 amide bonds. The Morgan fingerprint density at radius 3 is 2.75 bits per heavy atom. The molecule has 0 radical (unpaired) electrons. The fraction of sp³-hybridized carbons (Fsp3) is 0.444. The van der Waals surface area contributed by atoms with Crippen molar-refractivity contribution in [1.82, 2.24) is 20.2 Å². The molecule has 7 nitrogen and oxygen atoms in total. The van der Waals surface area contributed by atoms with Gasteiger partial charge in [0.1, 0.15) is 5.82 Å². The molecule has 1 rings (SSSR count). The number of nitrogens with two attached hydrogens (primary N) is 1. The molecule has 1 aromatic heterocycles. The quantitative estimate of drug-likeness (QED) is 0.545. The van der Waals surface area contributed by atoms with Gasteiger partial charge in [0.15, 0.2) is 0 Å². The smallest absolute Gasteiger partial charge is 0.239 e. The molecule has 0 aliphatic heterocycles. The number of hydrogen-bond acceptors (Lipinski definition) is 4. The second-order valence-electron chi connectivity index (χ2n) is 3.21. The molecule has 0 aliphatic carbocycles. The summed E-state index contributed by atoms with van der Waals surface area (Å²) >= 11 is 0. The van der Waals surface area contributed by atoms with E-state index >= 15 is 0 Å². The number of aryl methyl sites for hydroxylation is 1. The maximum absolute atomic E-state index is 11.3. The third kappa shape index (κ3) is 3.70. The topological polar surface area (TPSA) is 102 Å². The maximum atomic E-state index is 11.3. The fourth-order valence-electron chi connectivity index (χ4n) is 1.06. The lowest BCUT2D eigenvalue weighted by atomic mass is 10.5. The van der Waals surface area contributed by atoms with E-state index in [1.807, 2.05) is 7.05 Å². The van der Waals surface area contributed by atoms with Crippen LogP contribution in [0.5, 0.6) is 0 Å². The first-order chi connectivity index (χ1) is 7.63. The second kappa shape index (κ2) is 5.86. The molecule has 0 saturated carbocycles. The zero-order chi connectivity index (χ0) is 12.0. The van der Waals surface area contributed by atoms with Crippen LogP contribution in [0.4, 0.5) is 0 Å². The molecule has 16 heavy (non-hydrogen) atoms. The fourth-order valence-corrected chi connectivity index (χ4v) is 1.06. The first-order valence-corrected chi connectivity index (χ1v) is 4.83. The molecule has 0 atom stereocenters. The third-order valence-electron chi connectivity index (χ3n) is 2.00. The van der Waals surface area contributed by atoms with Crippen LogP contribution in [0.2, 0.25) is 0 Å². The summed E-state index contributed by atoms with van der Waals surface area (Å²) in [5, 5.41) is 5.00. The van der Waals surface area contributed by atoms with E-state index in [4.69, 9.17) is 5.73 Å². The lowest BCUT2D eigenvalue weighted by Crippen LogP contribution is -2.39. The summed E-state index contributed by atoms with van der Waals surface area (Å²) in [4.78, 5) is 26.1. The molecule has 88 valence electrons. The molecular weight excluding hydrogens is 210 g/mol. The van der Waals surface area contributed by atoms with E-state index in [-0.39, 0.29) is 24.9 Å². The average molecular weight is 225 g/mol. The Morgan fingerprint density at radius 1 is 1.44 bits per heavy atom. The van der Waals surface area contributed by atoms with Crippen molar-refractivity contribution in [1.29, 1.82) is 0 Å². The third-order valence-corrected chi connectivity index (χ3v) is 2.00. The Kier molecular flexibility index (Phi) is 4.46. The van der Waals surface area contributed by atoms with Gasteiger partial charge in [0.2, 0.25) is 11.8 Å². The van der Waals surface area contributed by atoms with E-state index in [1.54, 1.807) is 17.0 Å². The van der Waals surface area contributed by atoms with Crippen LogP contribution in [0.1, 0.15) is 5.82 Å². The van der Waals surface area contributed by atoms with Gasteiger partial charge in [-0.05, 0) is 0 Å². The Morgan fingerprint density at radius 2 is 2.19 bits per heavy atom. The minimum atomic E-state index is -0.354. The summed E-state index contributed by atoms with van der Waals surface area (Å²) in [6, 6.07) is 0. The Labute approximate surface area is 93.0 Å². The normalized spacial score (nSPS) is 9.88. The highest BCUT2D eigenvalue weighted by Gasteiger charge is 2.05. The molecule has 0 unspecified atom stereocenters. The number of imidazole rings is 1. The molecule has 0 aliphatic rings. The zero-order valence-electron chi connectivity index (χ0n) is 9.06. The maximum Gasteiger partial charge on any atom is 0.239 e. The zero-order valence-corrected chi connectivity index (χ0v) is 9.06. The van der Waals surface area contributed by atoms with Crippen LogP contribution in [0.3, 0.4) is 0 Å². The van der Waals surface area contributed by atoms with Crippen LogP contribution >= 0.6 is 0 Å². The van der Waals surface area contributed by atoms with Crippen molar-refractivity contribution in [2.24, 2.45) is 12.8 Å². The van der Waals surface area contributed by atoms with E-state index in [2.05, 4.69) is 15.6 Å². The summed E-state index contributed by atoms with van der Waals surface area (Å²) < 4.78 is 1.80. The molecule has 1 heterocycles. The molecule has 4 N–H and O–H groups in total. The average Bonchev–Trinajstić information content (AvgIpc) is 2.69. The highest BCUT2D eigenvalue weighted by atomic mass is 16.2. The first kappa shape index (κ1) is 12.2. The van der Waals surface area contributed by atoms with Crippen LogP contribution in [0.25, 0.3) is 0 Å². The van der Waals surface area contributed by atoms with Gasteiger partial charge in [-0.15, -0.1) is 0 Å². The molecule has 0 bridgehead atoms. The van der Waals surface area contributed by atoms with Crippen molar-refractivity contribution in [3.05, 3.63) is 18.2 Å². The van der Waals surface area contributed by atoms with Gasteiger partial charge in [0, 0.05) is 19.4 Å². The largest absolute Gasteiger partial charge is 0.347 e. The second-order valence-corrected chi connectivity index (χ2v) is 3.21. The minimum Gasteiger partial charge on any atom is -0.347 e. The summed E-state index contributed by atoms with van der Waals surface area (Å²) in [6.07, 6.45) is 3.44. The van der Waals surface area contributed by atoms with Crippen molar-refractivity contribution in [3.63, 3.8) is 0 Å². The Bertz CT molecular complexity index is 374. The number of carbonyl (C=O) groups excluding carboxylic acids is 2. The molecular formula is C9H15N5O2. The summed E-state index contributed by atoms with van der Waals surface area (Å²) in [5.74, 6) is 0.121. The van der Waals surface area contributed by atoms with Gasteiger partial charge in [-0.25, -0.2) is 4.98 Å². The van der Waals surface area contributed by atoms with Crippen molar-refractivity contribution >= 4 is 11.8 Å². The van der Waals surface area contributed by atoms with Crippen LogP contribution in [0.15, 0.2) is 12.4 Å². The monoisotopic (exact) mass is 225 g/mol. The first-order valence-electron chi connectivity index (χ1n) is 4.83. The number of carbonyl (C=O) groups is 2. The lowest BCUT2D eigenvalue weighted by molar-refractivity contribution is -0.125. The number of aromatic nitrogens is 2. The van der Waals surface area contributed by atoms with Crippen LogP contribution in [0, 0.1) is 0 Å². The van der Waals surface area contributed by atoms with Crippen molar-refractivity contribution in [2.75, 3.05) is 13.1 Å². The van der Waals surface area contributed by atoms with Gasteiger partial charge in [-0.1, -0.05) is 0 Å². The van der Waals surface area contributed by atoms with Crippen LogP contribution in [-0.2, 0) is 23.2 Å². The van der Waals surface area contributed by atoms with E-state index in [0.717, 1.165) is 5.82 Å². The molecule has 1 aromatic rings. The van der Waals surface area contributed by atoms with Gasteiger partial charge in [0.25, 0.3) is 0 Å². The summed E-state index contributed by atoms with van der Waals surface area (Å²) in [6.45, 7) is 0.147. The van der Waals surface area contributed by atoms with Gasteiger partial charge in [-0.2, -0.15) is 0 Å². The molecule has 0 spiro atoms. The van der Waals surface area contributed by atoms with E-state index < -0.39 is 0 Å². The van der Waals surface area contributed by atoms with Crippen LogP contribution < -0.4 is 16.4 Å². The van der Waals surface area contributed by atoms with E-state index in [1.165, 1.54) is 0 Å². The van der Waals surface area contributed by atoms with Gasteiger partial charge >= 0.3 is 0 Å². The highest BCUT2D eigenvalue weighted by Crippen LogP contribution is 1.92. The van der Waals surface area contributed by atoms with Crippen molar-refractivity contribution < 1.29 is 9.59 Å². The molecule has 0 aromatic carbocycles. The number of hydrogen-bond donors (Lipinski definition) is 3. The van der Waals surface area contributed by atoms with Crippen molar-refractivity contribution in [3.8, 4) is 0 Å². The van der Waals surface area contributed by atoms with E-state index in [0.29, 0.717) is 6.54 Å². The Balaban J connectivity index is 2.25. The van der Waals surface area contributed by atoms with Gasteiger partial charge in [-0.3, -0.25) is 9.59 Å². The van der Waals surface area contributed by atoms with E-state index in [9.17, 15) is 9.59 Å². The lowest BCUT2D eigenvalue weighted by Gasteiger charge is -2.06. The van der Waals surface area contributed by atoms with Crippen LogP contribution in [-0.4, -0.2) is 34.5 Å². The predicted molar refractivity (Wildman–Crippen MR) is 57.1 cm³/mol. The van der Waals surface area contributed by atoms with Crippen molar-refractivity contribution in [2.45, 2.75) is 6.54 Å². The molecule has 7 heteroatoms. The summed E-state index contributed by atoms with van der Waals surface area (Å²) in [7, 11) is 1.84. The molecule has 0 saturated heterocycles. The summed E-state index contributed by atoms with van der Waals surface area (Å²) in [5.41, 5.74) is 5.07. The SMILES string of the molecule is Cn1ccnc1CNC(=O)CNC(=O)CN. The number of nitrogens with one attached hydrogen (secondary N) is 2. The van der Waals surface area contributed by atoms with Gasteiger partial charge in [0.05, 0.1) is 19.6 Å². The van der Waals surface area contributed by atoms with Gasteiger partial charge < -0.3 is 20.9 Å². The Hall–Kier alpha value is -1.89. The molecule has 0 fully saturated rings. The highest BCUT2D eigenvalue weighted by molar-refractivity contribution is 5.85. The predicted octanol–water partition coefficient (Wildman–Crippen LogP) is -1.89. The number of rotatable bonds is 5. The standard InChI is InChI=1S/C9H15N5O2/c1-14-3-2-11-7(14)5-12-9(16)6-13-8(15)4-10/h2-3H,4-6,10H2,1H3,(H,12,16)(H,13,15). The number of amides is 2.